The molecule has 16 heavy (non-hydrogen) atoms. The highest BCUT2D eigenvalue weighted by atomic mass is 32.2. The highest BCUT2D eigenvalue weighted by Crippen LogP contribution is 2.39. The third kappa shape index (κ3) is 2.10. The van der Waals surface area contributed by atoms with Gasteiger partial charge in [-0.2, -0.15) is 0 Å². The third-order valence-electron chi connectivity index (χ3n) is 2.87. The normalized spacial score (nSPS) is 46.7. The second-order valence-corrected chi connectivity index (χ2v) is 5.45. The van der Waals surface area contributed by atoms with Crippen LogP contribution in [-0.4, -0.2) is 58.7 Å². The van der Waals surface area contributed by atoms with Crippen LogP contribution in [0.1, 0.15) is 13.8 Å². The molecular weight excluding hydrogens is 232 g/mol. The predicted molar refractivity (Wildman–Crippen MR) is 59.1 cm³/mol. The van der Waals surface area contributed by atoms with E-state index in [0.29, 0.717) is 0 Å². The van der Waals surface area contributed by atoms with Gasteiger partial charge < -0.3 is 24.4 Å². The summed E-state index contributed by atoms with van der Waals surface area (Å²) in [5.41, 5.74) is -0.379. The van der Waals surface area contributed by atoms with Gasteiger partial charge in [-0.1, -0.05) is 0 Å². The van der Waals surface area contributed by atoms with Crippen LogP contribution in [0.5, 0.6) is 0 Å². The van der Waals surface area contributed by atoms with Crippen molar-refractivity contribution in [2.24, 2.45) is 0 Å². The van der Waals surface area contributed by atoms with Crippen molar-refractivity contribution in [3.63, 3.8) is 0 Å². The van der Waals surface area contributed by atoms with Crippen LogP contribution in [0.3, 0.4) is 0 Å². The van der Waals surface area contributed by atoms with Gasteiger partial charge in [0.1, 0.15) is 29.9 Å². The lowest BCUT2D eigenvalue weighted by molar-refractivity contribution is -0.168. The number of ether oxygens (including phenoxy) is 3. The van der Waals surface area contributed by atoms with Crippen LogP contribution < -0.4 is 0 Å². The first-order chi connectivity index (χ1) is 7.48. The van der Waals surface area contributed by atoms with Crippen molar-refractivity contribution in [2.75, 3.05) is 12.9 Å². The van der Waals surface area contributed by atoms with Crippen molar-refractivity contribution in [1.29, 1.82) is 0 Å². The highest BCUT2D eigenvalue weighted by molar-refractivity contribution is 7.99. The molecule has 0 saturated carbocycles. The number of rotatable bonds is 2. The second kappa shape index (κ2) is 4.44. The summed E-state index contributed by atoms with van der Waals surface area (Å²) >= 11 is 1.40. The SMILES string of the molecule is CS[C@@H]1OC(CO)[C@@H]2OC(C)(C)OC2C1O. The van der Waals surface area contributed by atoms with E-state index >= 15 is 0 Å². The molecule has 5 atom stereocenters. The third-order valence-corrected chi connectivity index (χ3v) is 3.72. The van der Waals surface area contributed by atoms with Gasteiger partial charge in [0, 0.05) is 0 Å². The number of aliphatic hydroxyl groups is 2. The molecule has 0 aromatic carbocycles. The Morgan fingerprint density at radius 1 is 1.25 bits per heavy atom. The largest absolute Gasteiger partial charge is 0.394 e. The lowest BCUT2D eigenvalue weighted by Gasteiger charge is -2.38. The average Bonchev–Trinajstić information content (AvgIpc) is 2.55. The molecule has 3 unspecified atom stereocenters. The Kier molecular flexibility index (Phi) is 3.49. The maximum atomic E-state index is 10.1. The summed E-state index contributed by atoms with van der Waals surface area (Å²) in [5.74, 6) is -0.736. The fraction of sp³-hybridized carbons (Fsp3) is 1.00. The van der Waals surface area contributed by atoms with Gasteiger partial charge in [-0.05, 0) is 20.1 Å². The van der Waals surface area contributed by atoms with E-state index in [0.717, 1.165) is 0 Å². The number of hydrogen-bond acceptors (Lipinski definition) is 6. The van der Waals surface area contributed by atoms with E-state index in [1.54, 1.807) is 13.8 Å². The topological polar surface area (TPSA) is 68.2 Å². The molecule has 0 bridgehead atoms. The van der Waals surface area contributed by atoms with Crippen LogP contribution in [0.25, 0.3) is 0 Å². The quantitative estimate of drug-likeness (QED) is 0.716. The maximum Gasteiger partial charge on any atom is 0.164 e. The van der Waals surface area contributed by atoms with E-state index in [9.17, 15) is 10.2 Å². The fourth-order valence-electron chi connectivity index (χ4n) is 2.20. The average molecular weight is 250 g/mol. The first-order valence-corrected chi connectivity index (χ1v) is 6.60. The molecule has 2 N–H and O–H groups in total. The minimum absolute atomic E-state index is 0.135. The van der Waals surface area contributed by atoms with Crippen LogP contribution in [-0.2, 0) is 14.2 Å². The van der Waals surface area contributed by atoms with E-state index in [1.807, 2.05) is 6.26 Å². The minimum Gasteiger partial charge on any atom is -0.394 e. The van der Waals surface area contributed by atoms with Crippen molar-refractivity contribution in [3.05, 3.63) is 0 Å². The molecule has 0 spiro atoms. The molecule has 0 aliphatic carbocycles. The van der Waals surface area contributed by atoms with Gasteiger partial charge in [0.25, 0.3) is 0 Å². The lowest BCUT2D eigenvalue weighted by Crippen LogP contribution is -2.56. The van der Waals surface area contributed by atoms with E-state index in [-0.39, 0.29) is 12.0 Å². The van der Waals surface area contributed by atoms with Crippen LogP contribution in [0.4, 0.5) is 0 Å². The summed E-state index contributed by atoms with van der Waals surface area (Å²) in [6, 6.07) is 0. The first kappa shape index (κ1) is 12.6. The van der Waals surface area contributed by atoms with Gasteiger partial charge in [0.05, 0.1) is 6.61 Å². The summed E-state index contributed by atoms with van der Waals surface area (Å²) in [6.07, 6.45) is -0.155. The Morgan fingerprint density at radius 2 is 1.88 bits per heavy atom. The number of fused-ring (bicyclic) bond motifs is 1. The van der Waals surface area contributed by atoms with Gasteiger partial charge in [0.2, 0.25) is 0 Å². The minimum atomic E-state index is -0.736. The molecule has 2 fully saturated rings. The number of aliphatic hydroxyl groups excluding tert-OH is 2. The van der Waals surface area contributed by atoms with E-state index in [4.69, 9.17) is 14.2 Å². The summed E-state index contributed by atoms with van der Waals surface area (Å²) in [4.78, 5) is 0. The van der Waals surface area contributed by atoms with Gasteiger partial charge in [-0.25, -0.2) is 0 Å². The standard InChI is InChI=1S/C10H18O5S/c1-10(2)14-7-5(4-11)13-9(16-3)6(12)8(7)15-10/h5-9,11-12H,4H2,1-3H3/t5?,6?,7-,8?,9-/m0/s1. The van der Waals surface area contributed by atoms with E-state index in [1.165, 1.54) is 11.8 Å². The zero-order valence-electron chi connectivity index (χ0n) is 9.62. The van der Waals surface area contributed by atoms with E-state index < -0.39 is 30.2 Å². The Hall–Kier alpha value is 0.150. The molecular formula is C10H18O5S. The van der Waals surface area contributed by atoms with Gasteiger partial charge in [-0.3, -0.25) is 0 Å². The predicted octanol–water partition coefficient (Wildman–Crippen LogP) is -0.0524. The molecule has 0 aromatic heterocycles. The molecule has 94 valence electrons. The zero-order valence-corrected chi connectivity index (χ0v) is 10.4. The Balaban J connectivity index is 2.18. The summed E-state index contributed by atoms with van der Waals surface area (Å²) < 4.78 is 16.9. The van der Waals surface area contributed by atoms with Crippen molar-refractivity contribution in [3.8, 4) is 0 Å². The Bertz CT molecular complexity index is 260. The van der Waals surface area contributed by atoms with Crippen LogP contribution >= 0.6 is 11.8 Å². The molecule has 2 aliphatic heterocycles. The maximum absolute atomic E-state index is 10.1. The molecule has 2 aliphatic rings. The van der Waals surface area contributed by atoms with E-state index in [2.05, 4.69) is 0 Å². The highest BCUT2D eigenvalue weighted by Gasteiger charge is 2.54. The fourth-order valence-corrected chi connectivity index (χ4v) is 2.88. The zero-order chi connectivity index (χ0) is 11.9. The molecule has 0 amide bonds. The van der Waals surface area contributed by atoms with Crippen LogP contribution in [0, 0.1) is 0 Å². The second-order valence-electron chi connectivity index (χ2n) is 4.52. The Labute approximate surface area is 99.1 Å². The smallest absolute Gasteiger partial charge is 0.164 e. The lowest BCUT2D eigenvalue weighted by atomic mass is 10.0. The van der Waals surface area contributed by atoms with Gasteiger partial charge in [-0.15, -0.1) is 11.8 Å². The monoisotopic (exact) mass is 250 g/mol. The molecule has 5 nitrogen and oxygen atoms in total. The summed E-state index contributed by atoms with van der Waals surface area (Å²) in [7, 11) is 0. The summed E-state index contributed by atoms with van der Waals surface area (Å²) in [6.45, 7) is 3.45. The molecule has 2 heterocycles. The van der Waals surface area contributed by atoms with Crippen molar-refractivity contribution in [1.82, 2.24) is 0 Å². The Morgan fingerprint density at radius 3 is 2.44 bits per heavy atom. The molecule has 2 saturated heterocycles. The number of hydrogen-bond donors (Lipinski definition) is 2. The molecule has 6 heteroatoms. The van der Waals surface area contributed by atoms with Crippen molar-refractivity contribution >= 4 is 11.8 Å². The molecule has 2 rings (SSSR count). The van der Waals surface area contributed by atoms with Gasteiger partial charge in [0.15, 0.2) is 5.79 Å². The number of thioether (sulfide) groups is 1. The summed E-state index contributed by atoms with van der Waals surface area (Å²) in [5, 5.41) is 19.3. The van der Waals surface area contributed by atoms with Gasteiger partial charge >= 0.3 is 0 Å². The van der Waals surface area contributed by atoms with Crippen LogP contribution in [0.15, 0.2) is 0 Å². The molecule has 0 radical (unpaired) electrons. The van der Waals surface area contributed by atoms with Crippen LogP contribution in [0.2, 0.25) is 0 Å². The molecule has 0 aromatic rings. The van der Waals surface area contributed by atoms with Crippen molar-refractivity contribution < 1.29 is 24.4 Å². The first-order valence-electron chi connectivity index (χ1n) is 5.31. The van der Waals surface area contributed by atoms with Crippen molar-refractivity contribution in [2.45, 2.75) is 49.5 Å².